The van der Waals surface area contributed by atoms with Gasteiger partial charge in [0.05, 0.1) is 17.2 Å². The summed E-state index contributed by atoms with van der Waals surface area (Å²) in [5, 5.41) is 4.48. The van der Waals surface area contributed by atoms with Crippen LogP contribution < -0.4 is 10.1 Å². The van der Waals surface area contributed by atoms with Gasteiger partial charge >= 0.3 is 0 Å². The van der Waals surface area contributed by atoms with Gasteiger partial charge in [-0.05, 0) is 30.7 Å². The maximum Gasteiger partial charge on any atom is 0.138 e. The average molecular weight is 325 g/mol. The standard InChI is InChI=1S/C16H18Cl2N2O/c1-3-4-19-8-11-5-12(10-20-9-11)13-6-15(18)16(21-2)7-14(13)17/h5-7,9-10,19H,3-4,8H2,1-2H3. The van der Waals surface area contributed by atoms with E-state index >= 15 is 0 Å². The molecule has 0 aliphatic carbocycles. The molecule has 2 aromatic rings. The summed E-state index contributed by atoms with van der Waals surface area (Å²) in [6.45, 7) is 3.91. The van der Waals surface area contributed by atoms with Gasteiger partial charge in [0, 0.05) is 36.1 Å². The first kappa shape index (κ1) is 16.1. The van der Waals surface area contributed by atoms with E-state index in [1.54, 1.807) is 19.4 Å². The number of rotatable bonds is 6. The molecule has 0 atom stereocenters. The molecular formula is C16H18Cl2N2O. The first-order valence-corrected chi connectivity index (χ1v) is 7.59. The van der Waals surface area contributed by atoms with Crippen LogP contribution in [0.4, 0.5) is 0 Å². The topological polar surface area (TPSA) is 34.2 Å². The number of nitrogens with zero attached hydrogens (tertiary/aromatic N) is 1. The number of ether oxygens (including phenoxy) is 1. The highest BCUT2D eigenvalue weighted by molar-refractivity contribution is 6.36. The number of methoxy groups -OCH3 is 1. The van der Waals surface area contributed by atoms with Crippen molar-refractivity contribution in [1.82, 2.24) is 10.3 Å². The number of pyridine rings is 1. The van der Waals surface area contributed by atoms with E-state index in [0.29, 0.717) is 15.8 Å². The Hall–Kier alpha value is -1.29. The van der Waals surface area contributed by atoms with Gasteiger partial charge in [-0.3, -0.25) is 4.98 Å². The Morgan fingerprint density at radius 1 is 1.14 bits per heavy atom. The fourth-order valence-electron chi connectivity index (χ4n) is 2.05. The van der Waals surface area contributed by atoms with E-state index in [4.69, 9.17) is 27.9 Å². The predicted molar refractivity (Wildman–Crippen MR) is 88.2 cm³/mol. The third-order valence-corrected chi connectivity index (χ3v) is 3.71. The summed E-state index contributed by atoms with van der Waals surface area (Å²) in [6.07, 6.45) is 4.74. The van der Waals surface area contributed by atoms with E-state index in [9.17, 15) is 0 Å². The molecule has 21 heavy (non-hydrogen) atoms. The van der Waals surface area contributed by atoms with Gasteiger partial charge in [0.15, 0.2) is 0 Å². The molecule has 1 aromatic heterocycles. The van der Waals surface area contributed by atoms with Crippen LogP contribution in [0, 0.1) is 0 Å². The second-order valence-electron chi connectivity index (χ2n) is 4.73. The third-order valence-electron chi connectivity index (χ3n) is 3.10. The molecule has 0 saturated heterocycles. The molecule has 1 heterocycles. The molecule has 0 aliphatic rings. The van der Waals surface area contributed by atoms with Crippen LogP contribution >= 0.6 is 23.2 Å². The van der Waals surface area contributed by atoms with Gasteiger partial charge in [-0.25, -0.2) is 0 Å². The number of halogens is 2. The van der Waals surface area contributed by atoms with Crippen LogP contribution in [0.5, 0.6) is 5.75 Å². The van der Waals surface area contributed by atoms with Crippen molar-refractivity contribution in [3.8, 4) is 16.9 Å². The van der Waals surface area contributed by atoms with Crippen LogP contribution in [-0.2, 0) is 6.54 Å². The summed E-state index contributed by atoms with van der Waals surface area (Å²) in [6, 6.07) is 5.60. The third kappa shape index (κ3) is 4.10. The van der Waals surface area contributed by atoms with Gasteiger partial charge in [-0.1, -0.05) is 30.1 Å². The van der Waals surface area contributed by atoms with Gasteiger partial charge in [0.2, 0.25) is 0 Å². The van der Waals surface area contributed by atoms with E-state index in [2.05, 4.69) is 23.3 Å². The summed E-state index contributed by atoms with van der Waals surface area (Å²) in [5.41, 5.74) is 2.91. The monoisotopic (exact) mass is 324 g/mol. The molecule has 0 aliphatic heterocycles. The van der Waals surface area contributed by atoms with Gasteiger partial charge in [0.1, 0.15) is 5.75 Å². The minimum Gasteiger partial charge on any atom is -0.495 e. The Morgan fingerprint density at radius 2 is 1.95 bits per heavy atom. The lowest BCUT2D eigenvalue weighted by Gasteiger charge is -2.10. The summed E-state index contributed by atoms with van der Waals surface area (Å²) in [4.78, 5) is 4.28. The molecule has 0 spiro atoms. The lowest BCUT2D eigenvalue weighted by Crippen LogP contribution is -2.13. The summed E-state index contributed by atoms with van der Waals surface area (Å²) in [7, 11) is 1.57. The van der Waals surface area contributed by atoms with Crippen molar-refractivity contribution in [3.05, 3.63) is 46.2 Å². The van der Waals surface area contributed by atoms with Gasteiger partial charge in [-0.15, -0.1) is 0 Å². The quantitative estimate of drug-likeness (QED) is 0.790. The van der Waals surface area contributed by atoms with Gasteiger partial charge < -0.3 is 10.1 Å². The Labute approximate surface area is 135 Å². The highest BCUT2D eigenvalue weighted by atomic mass is 35.5. The SMILES string of the molecule is CCCNCc1cncc(-c2cc(Cl)c(OC)cc2Cl)c1. The van der Waals surface area contributed by atoms with Crippen LogP contribution in [0.1, 0.15) is 18.9 Å². The first-order chi connectivity index (χ1) is 10.2. The Balaban J connectivity index is 2.29. The molecule has 0 amide bonds. The molecule has 5 heteroatoms. The van der Waals surface area contributed by atoms with Crippen molar-refractivity contribution in [2.24, 2.45) is 0 Å². The lowest BCUT2D eigenvalue weighted by atomic mass is 10.1. The zero-order chi connectivity index (χ0) is 15.2. The van der Waals surface area contributed by atoms with Crippen molar-refractivity contribution in [2.75, 3.05) is 13.7 Å². The van der Waals surface area contributed by atoms with Crippen LogP contribution in [0.15, 0.2) is 30.6 Å². The van der Waals surface area contributed by atoms with Crippen molar-refractivity contribution < 1.29 is 4.74 Å². The second kappa shape index (κ2) is 7.64. The van der Waals surface area contributed by atoms with E-state index in [0.717, 1.165) is 36.2 Å². The first-order valence-electron chi connectivity index (χ1n) is 6.83. The molecule has 0 fully saturated rings. The van der Waals surface area contributed by atoms with E-state index < -0.39 is 0 Å². The Kier molecular flexibility index (Phi) is 5.85. The van der Waals surface area contributed by atoms with Crippen LogP contribution in [0.25, 0.3) is 11.1 Å². The van der Waals surface area contributed by atoms with Crippen LogP contribution in [0.2, 0.25) is 10.0 Å². The largest absolute Gasteiger partial charge is 0.495 e. The Bertz CT molecular complexity index is 617. The van der Waals surface area contributed by atoms with Crippen molar-refractivity contribution in [3.63, 3.8) is 0 Å². The number of benzene rings is 1. The van der Waals surface area contributed by atoms with Gasteiger partial charge in [0.25, 0.3) is 0 Å². The van der Waals surface area contributed by atoms with Crippen LogP contribution in [0.3, 0.4) is 0 Å². The second-order valence-corrected chi connectivity index (χ2v) is 5.54. The summed E-state index contributed by atoms with van der Waals surface area (Å²) >= 11 is 12.5. The molecule has 3 nitrogen and oxygen atoms in total. The van der Waals surface area contributed by atoms with Crippen molar-refractivity contribution in [1.29, 1.82) is 0 Å². The minimum absolute atomic E-state index is 0.534. The lowest BCUT2D eigenvalue weighted by molar-refractivity contribution is 0.415. The zero-order valence-corrected chi connectivity index (χ0v) is 13.6. The summed E-state index contributed by atoms with van der Waals surface area (Å²) < 4.78 is 5.16. The fraction of sp³-hybridized carbons (Fsp3) is 0.312. The minimum atomic E-state index is 0.534. The van der Waals surface area contributed by atoms with Crippen molar-refractivity contribution in [2.45, 2.75) is 19.9 Å². The van der Waals surface area contributed by atoms with E-state index in [-0.39, 0.29) is 0 Å². The Morgan fingerprint density at radius 3 is 2.67 bits per heavy atom. The molecule has 0 unspecified atom stereocenters. The molecular weight excluding hydrogens is 307 g/mol. The smallest absolute Gasteiger partial charge is 0.138 e. The molecule has 0 bridgehead atoms. The fourth-order valence-corrected chi connectivity index (χ4v) is 2.55. The molecule has 112 valence electrons. The molecule has 0 radical (unpaired) electrons. The summed E-state index contributed by atoms with van der Waals surface area (Å²) in [5.74, 6) is 0.569. The molecule has 2 rings (SSSR count). The number of nitrogens with one attached hydrogen (secondary N) is 1. The highest BCUT2D eigenvalue weighted by Gasteiger charge is 2.10. The highest BCUT2D eigenvalue weighted by Crippen LogP contribution is 2.36. The number of aromatic nitrogens is 1. The van der Waals surface area contributed by atoms with E-state index in [1.807, 2.05) is 12.3 Å². The molecule has 1 aromatic carbocycles. The van der Waals surface area contributed by atoms with Crippen molar-refractivity contribution >= 4 is 23.2 Å². The normalized spacial score (nSPS) is 10.7. The van der Waals surface area contributed by atoms with E-state index in [1.165, 1.54) is 0 Å². The maximum absolute atomic E-state index is 6.31. The predicted octanol–water partition coefficient (Wildman–Crippen LogP) is 4.56. The number of hydrogen-bond donors (Lipinski definition) is 1. The molecule has 0 saturated carbocycles. The number of hydrogen-bond acceptors (Lipinski definition) is 3. The molecule has 1 N–H and O–H groups in total. The zero-order valence-electron chi connectivity index (χ0n) is 12.1. The van der Waals surface area contributed by atoms with Crippen LogP contribution in [-0.4, -0.2) is 18.6 Å². The van der Waals surface area contributed by atoms with Gasteiger partial charge in [-0.2, -0.15) is 0 Å². The maximum atomic E-state index is 6.31. The average Bonchev–Trinajstić information content (AvgIpc) is 2.50.